The lowest BCUT2D eigenvalue weighted by Crippen LogP contribution is -2.36. The van der Waals surface area contributed by atoms with Crippen LogP contribution in [0.3, 0.4) is 0 Å². The van der Waals surface area contributed by atoms with Crippen molar-refractivity contribution in [2.24, 2.45) is 0 Å². The standard InChI is InChI=1S/C27H28N2O7/c1-14-6-7-17(11-20(14)29(32)33)25-24(27(31)36-5)15(2)28-19-10-18(12-21(30)26(19)25)16-8-9-22(34-3)23(13-16)35-4/h6-9,11,13,18,25,28H,10,12H2,1-5H3/t18-,25+/m1/s1. The second-order valence-electron chi connectivity index (χ2n) is 8.93. The van der Waals surface area contributed by atoms with E-state index in [9.17, 15) is 19.7 Å². The highest BCUT2D eigenvalue weighted by molar-refractivity contribution is 6.04. The van der Waals surface area contributed by atoms with Gasteiger partial charge < -0.3 is 19.5 Å². The van der Waals surface area contributed by atoms with E-state index in [1.807, 2.05) is 18.2 Å². The number of hydrogen-bond acceptors (Lipinski definition) is 8. The Balaban J connectivity index is 1.82. The number of methoxy groups -OCH3 is 3. The number of allylic oxidation sites excluding steroid dienone is 3. The minimum absolute atomic E-state index is 0.0680. The van der Waals surface area contributed by atoms with Crippen molar-refractivity contribution < 1.29 is 28.7 Å². The predicted molar refractivity (Wildman–Crippen MR) is 132 cm³/mol. The Labute approximate surface area is 208 Å². The summed E-state index contributed by atoms with van der Waals surface area (Å²) in [5.41, 5.74) is 3.82. The van der Waals surface area contributed by atoms with Crippen molar-refractivity contribution in [3.63, 3.8) is 0 Å². The summed E-state index contributed by atoms with van der Waals surface area (Å²) in [5, 5.41) is 14.9. The number of benzene rings is 2. The Morgan fingerprint density at radius 2 is 1.69 bits per heavy atom. The van der Waals surface area contributed by atoms with Gasteiger partial charge in [0.2, 0.25) is 0 Å². The van der Waals surface area contributed by atoms with Crippen LogP contribution in [0.5, 0.6) is 11.5 Å². The van der Waals surface area contributed by atoms with Gasteiger partial charge in [-0.1, -0.05) is 18.2 Å². The first-order chi connectivity index (χ1) is 17.2. The Morgan fingerprint density at radius 3 is 2.33 bits per heavy atom. The fourth-order valence-electron chi connectivity index (χ4n) is 5.10. The summed E-state index contributed by atoms with van der Waals surface area (Å²) in [5.74, 6) is -0.439. The van der Waals surface area contributed by atoms with Crippen LogP contribution in [0.2, 0.25) is 0 Å². The van der Waals surface area contributed by atoms with Gasteiger partial charge >= 0.3 is 5.97 Å². The zero-order valence-electron chi connectivity index (χ0n) is 20.8. The summed E-state index contributed by atoms with van der Waals surface area (Å²) in [6, 6.07) is 10.4. The van der Waals surface area contributed by atoms with E-state index in [0.29, 0.717) is 46.0 Å². The summed E-state index contributed by atoms with van der Waals surface area (Å²) in [4.78, 5) is 37.7. The molecule has 2 aromatic rings. The number of nitro benzene ring substituents is 1. The third-order valence-corrected chi connectivity index (χ3v) is 6.88. The molecule has 2 aromatic carbocycles. The molecule has 0 saturated heterocycles. The number of ether oxygens (including phenoxy) is 3. The van der Waals surface area contributed by atoms with E-state index in [-0.39, 0.29) is 29.4 Å². The Bertz CT molecular complexity index is 1330. The Kier molecular flexibility index (Phi) is 6.83. The summed E-state index contributed by atoms with van der Waals surface area (Å²) >= 11 is 0. The maximum Gasteiger partial charge on any atom is 0.336 e. The number of aryl methyl sites for hydroxylation is 1. The van der Waals surface area contributed by atoms with Gasteiger partial charge in [-0.05, 0) is 49.4 Å². The number of dihydropyridines is 1. The van der Waals surface area contributed by atoms with Gasteiger partial charge in [0, 0.05) is 40.9 Å². The van der Waals surface area contributed by atoms with Gasteiger partial charge in [0.15, 0.2) is 17.3 Å². The molecule has 0 fully saturated rings. The van der Waals surface area contributed by atoms with Crippen LogP contribution in [0.15, 0.2) is 58.9 Å². The fraction of sp³-hybridized carbons (Fsp3) is 0.333. The first-order valence-corrected chi connectivity index (χ1v) is 11.5. The molecule has 0 saturated carbocycles. The van der Waals surface area contributed by atoms with Crippen LogP contribution in [-0.4, -0.2) is 38.0 Å². The molecule has 0 radical (unpaired) electrons. The van der Waals surface area contributed by atoms with Crippen LogP contribution >= 0.6 is 0 Å². The van der Waals surface area contributed by atoms with Crippen molar-refractivity contribution in [3.8, 4) is 11.5 Å². The minimum Gasteiger partial charge on any atom is -0.493 e. The van der Waals surface area contributed by atoms with Gasteiger partial charge in [0.05, 0.1) is 31.8 Å². The molecule has 1 aliphatic carbocycles. The molecule has 2 aliphatic rings. The maximum atomic E-state index is 13.7. The molecule has 0 bridgehead atoms. The SMILES string of the molecule is COC(=O)C1=C(C)NC2=C(C(=O)C[C@H](c3ccc(OC)c(OC)c3)C2)[C@H]1c1ccc(C)c([N+](=O)[O-])c1. The normalized spacial score (nSPS) is 19.4. The van der Waals surface area contributed by atoms with Gasteiger partial charge in [0.1, 0.15) is 0 Å². The van der Waals surface area contributed by atoms with E-state index >= 15 is 0 Å². The molecule has 1 N–H and O–H groups in total. The number of nitrogens with one attached hydrogen (secondary N) is 1. The zero-order valence-corrected chi connectivity index (χ0v) is 20.8. The van der Waals surface area contributed by atoms with Crippen molar-refractivity contribution in [2.45, 2.75) is 38.5 Å². The predicted octanol–water partition coefficient (Wildman–Crippen LogP) is 4.46. The number of carbonyl (C=O) groups is 2. The van der Waals surface area contributed by atoms with Crippen LogP contribution in [-0.2, 0) is 14.3 Å². The average Bonchev–Trinajstić information content (AvgIpc) is 2.87. The van der Waals surface area contributed by atoms with Crippen LogP contribution in [0.4, 0.5) is 5.69 Å². The molecular weight excluding hydrogens is 464 g/mol. The van der Waals surface area contributed by atoms with Crippen molar-refractivity contribution in [1.82, 2.24) is 5.32 Å². The number of nitrogens with zero attached hydrogens (tertiary/aromatic N) is 1. The summed E-state index contributed by atoms with van der Waals surface area (Å²) in [7, 11) is 4.40. The maximum absolute atomic E-state index is 13.7. The van der Waals surface area contributed by atoms with Crippen LogP contribution in [0.1, 0.15) is 48.3 Å². The molecule has 0 amide bonds. The Morgan fingerprint density at radius 1 is 1.00 bits per heavy atom. The zero-order chi connectivity index (χ0) is 26.1. The smallest absolute Gasteiger partial charge is 0.336 e. The highest BCUT2D eigenvalue weighted by atomic mass is 16.6. The highest BCUT2D eigenvalue weighted by Crippen LogP contribution is 2.47. The van der Waals surface area contributed by atoms with Crippen molar-refractivity contribution in [2.75, 3.05) is 21.3 Å². The second kappa shape index (κ2) is 9.85. The Hall–Kier alpha value is -4.14. The molecule has 1 aliphatic heterocycles. The van der Waals surface area contributed by atoms with Gasteiger partial charge in [-0.3, -0.25) is 14.9 Å². The van der Waals surface area contributed by atoms with Gasteiger partial charge in [0.25, 0.3) is 5.69 Å². The van der Waals surface area contributed by atoms with Gasteiger partial charge in [-0.2, -0.15) is 0 Å². The second-order valence-corrected chi connectivity index (χ2v) is 8.93. The number of esters is 1. The lowest BCUT2D eigenvalue weighted by Gasteiger charge is -2.36. The largest absolute Gasteiger partial charge is 0.493 e. The van der Waals surface area contributed by atoms with Gasteiger partial charge in [-0.25, -0.2) is 4.79 Å². The topological polar surface area (TPSA) is 117 Å². The summed E-state index contributed by atoms with van der Waals surface area (Å²) in [6.45, 7) is 3.40. The minimum atomic E-state index is -0.771. The number of Topliss-reactive ketones (excluding diaryl/α,β-unsaturated/α-hetero) is 1. The molecule has 36 heavy (non-hydrogen) atoms. The molecule has 0 unspecified atom stereocenters. The number of nitro groups is 1. The van der Waals surface area contributed by atoms with E-state index in [1.165, 1.54) is 13.2 Å². The van der Waals surface area contributed by atoms with Crippen molar-refractivity contribution in [3.05, 3.63) is 85.7 Å². The van der Waals surface area contributed by atoms with E-state index in [2.05, 4.69) is 5.32 Å². The van der Waals surface area contributed by atoms with Crippen LogP contribution in [0, 0.1) is 17.0 Å². The average molecular weight is 493 g/mol. The van der Waals surface area contributed by atoms with E-state index < -0.39 is 16.8 Å². The van der Waals surface area contributed by atoms with Crippen LogP contribution in [0.25, 0.3) is 0 Å². The van der Waals surface area contributed by atoms with Crippen molar-refractivity contribution >= 4 is 17.4 Å². The summed E-state index contributed by atoms with van der Waals surface area (Å²) < 4.78 is 15.8. The molecule has 2 atom stereocenters. The molecule has 0 aromatic heterocycles. The molecular formula is C27H28N2O7. The fourth-order valence-corrected chi connectivity index (χ4v) is 5.10. The van der Waals surface area contributed by atoms with Crippen LogP contribution < -0.4 is 14.8 Å². The number of rotatable bonds is 6. The van der Waals surface area contributed by atoms with E-state index in [1.54, 1.807) is 40.2 Å². The lowest BCUT2D eigenvalue weighted by molar-refractivity contribution is -0.385. The summed E-state index contributed by atoms with van der Waals surface area (Å²) in [6.07, 6.45) is 0.737. The van der Waals surface area contributed by atoms with E-state index in [0.717, 1.165) is 5.56 Å². The molecule has 4 rings (SSSR count). The highest BCUT2D eigenvalue weighted by Gasteiger charge is 2.41. The first-order valence-electron chi connectivity index (χ1n) is 11.5. The molecule has 188 valence electrons. The third-order valence-electron chi connectivity index (χ3n) is 6.88. The van der Waals surface area contributed by atoms with Gasteiger partial charge in [-0.15, -0.1) is 0 Å². The monoisotopic (exact) mass is 492 g/mol. The molecule has 0 spiro atoms. The van der Waals surface area contributed by atoms with Crippen molar-refractivity contribution in [1.29, 1.82) is 0 Å². The van der Waals surface area contributed by atoms with E-state index in [4.69, 9.17) is 14.2 Å². The third kappa shape index (κ3) is 4.32. The quantitative estimate of drug-likeness (QED) is 0.357. The lowest BCUT2D eigenvalue weighted by atomic mass is 9.71. The number of ketones is 1. The number of carbonyl (C=O) groups excluding carboxylic acids is 2. The molecule has 1 heterocycles. The molecule has 9 nitrogen and oxygen atoms in total. The number of hydrogen-bond donors (Lipinski definition) is 1. The first kappa shape index (κ1) is 25.0. The molecule has 9 heteroatoms.